The lowest BCUT2D eigenvalue weighted by molar-refractivity contribution is 0.400. The first-order valence-electron chi connectivity index (χ1n) is 7.08. The van der Waals surface area contributed by atoms with E-state index < -0.39 is 0 Å². The Hall–Kier alpha value is -2.60. The lowest BCUT2D eigenvalue weighted by Gasteiger charge is -2.12. The number of hydrogen-bond donors (Lipinski definition) is 2. The van der Waals surface area contributed by atoms with E-state index in [9.17, 15) is 0 Å². The molecule has 0 aliphatic heterocycles. The third kappa shape index (κ3) is 3.60. The minimum absolute atomic E-state index is 0.448. The van der Waals surface area contributed by atoms with E-state index >= 15 is 0 Å². The highest BCUT2D eigenvalue weighted by molar-refractivity contribution is 6.33. The molecule has 0 aliphatic carbocycles. The van der Waals surface area contributed by atoms with Crippen LogP contribution in [0.2, 0.25) is 5.02 Å². The van der Waals surface area contributed by atoms with Crippen LogP contribution in [0, 0.1) is 20.8 Å². The van der Waals surface area contributed by atoms with Crippen LogP contribution in [0.25, 0.3) is 0 Å². The Kier molecular flexibility index (Phi) is 4.16. The molecule has 0 spiro atoms. The van der Waals surface area contributed by atoms with Crippen molar-refractivity contribution in [3.05, 3.63) is 52.4 Å². The van der Waals surface area contributed by atoms with Crippen LogP contribution in [0.15, 0.2) is 35.0 Å². The Morgan fingerprint density at radius 2 is 1.87 bits per heavy atom. The summed E-state index contributed by atoms with van der Waals surface area (Å²) in [6.45, 7) is 5.82. The van der Waals surface area contributed by atoms with Crippen LogP contribution in [0.4, 0.5) is 23.3 Å². The zero-order valence-corrected chi connectivity index (χ0v) is 13.8. The molecule has 0 aliphatic rings. The predicted octanol–water partition coefficient (Wildman–Crippen LogP) is 4.53. The van der Waals surface area contributed by atoms with Crippen LogP contribution in [-0.4, -0.2) is 15.1 Å². The molecule has 0 unspecified atom stereocenters. The second-order valence-corrected chi connectivity index (χ2v) is 5.68. The summed E-state index contributed by atoms with van der Waals surface area (Å²) < 4.78 is 5.02. The highest BCUT2D eigenvalue weighted by Crippen LogP contribution is 2.29. The molecule has 23 heavy (non-hydrogen) atoms. The first-order valence-corrected chi connectivity index (χ1v) is 7.46. The number of benzene rings is 1. The van der Waals surface area contributed by atoms with Crippen molar-refractivity contribution in [2.75, 3.05) is 10.6 Å². The van der Waals surface area contributed by atoms with Gasteiger partial charge in [0, 0.05) is 12.3 Å². The van der Waals surface area contributed by atoms with Gasteiger partial charge < -0.3 is 15.2 Å². The van der Waals surface area contributed by atoms with Crippen molar-refractivity contribution in [2.45, 2.75) is 20.8 Å². The van der Waals surface area contributed by atoms with Gasteiger partial charge in [0.1, 0.15) is 11.6 Å². The second-order valence-electron chi connectivity index (χ2n) is 5.28. The number of halogens is 1. The lowest BCUT2D eigenvalue weighted by atomic mass is 10.1. The molecular weight excluding hydrogens is 314 g/mol. The first-order chi connectivity index (χ1) is 11.0. The third-order valence-corrected chi connectivity index (χ3v) is 3.51. The average Bonchev–Trinajstić information content (AvgIpc) is 2.88. The third-order valence-electron chi connectivity index (χ3n) is 3.21. The molecule has 118 valence electrons. The molecule has 0 bridgehead atoms. The van der Waals surface area contributed by atoms with E-state index in [0.29, 0.717) is 22.6 Å². The number of aryl methyl sites for hydroxylation is 3. The van der Waals surface area contributed by atoms with Crippen molar-refractivity contribution in [3.63, 3.8) is 0 Å². The molecule has 2 aromatic heterocycles. The van der Waals surface area contributed by atoms with Crippen molar-refractivity contribution in [1.82, 2.24) is 15.1 Å². The molecule has 3 rings (SSSR count). The van der Waals surface area contributed by atoms with Gasteiger partial charge in [0.15, 0.2) is 5.82 Å². The van der Waals surface area contributed by atoms with Gasteiger partial charge in [0.2, 0.25) is 5.95 Å². The number of nitrogens with zero attached hydrogens (tertiary/aromatic N) is 3. The van der Waals surface area contributed by atoms with Crippen molar-refractivity contribution in [1.29, 1.82) is 0 Å². The van der Waals surface area contributed by atoms with Gasteiger partial charge in [0.05, 0.1) is 10.7 Å². The molecule has 0 fully saturated rings. The Morgan fingerprint density at radius 1 is 1.04 bits per heavy atom. The van der Waals surface area contributed by atoms with E-state index in [1.807, 2.05) is 26.8 Å². The van der Waals surface area contributed by atoms with Gasteiger partial charge in [-0.3, -0.25) is 0 Å². The molecule has 2 heterocycles. The van der Waals surface area contributed by atoms with Crippen molar-refractivity contribution >= 4 is 34.9 Å². The van der Waals surface area contributed by atoms with Crippen LogP contribution >= 0.6 is 11.6 Å². The smallest absolute Gasteiger partial charge is 0.229 e. The van der Waals surface area contributed by atoms with E-state index in [1.165, 1.54) is 0 Å². The molecule has 0 saturated heterocycles. The quantitative estimate of drug-likeness (QED) is 0.732. The highest BCUT2D eigenvalue weighted by Gasteiger charge is 2.08. The van der Waals surface area contributed by atoms with E-state index in [0.717, 1.165) is 22.6 Å². The number of anilines is 4. The van der Waals surface area contributed by atoms with E-state index in [-0.39, 0.29) is 0 Å². The molecule has 7 heteroatoms. The van der Waals surface area contributed by atoms with Gasteiger partial charge >= 0.3 is 0 Å². The molecule has 0 amide bonds. The average molecular weight is 330 g/mol. The molecule has 0 atom stereocenters. The van der Waals surface area contributed by atoms with E-state index in [2.05, 4.69) is 31.8 Å². The fourth-order valence-electron chi connectivity index (χ4n) is 2.23. The molecular formula is C16H16ClN5O. The Labute approximate surface area is 138 Å². The normalized spacial score (nSPS) is 10.6. The fourth-order valence-corrected chi connectivity index (χ4v) is 2.60. The van der Waals surface area contributed by atoms with Crippen molar-refractivity contribution in [3.8, 4) is 0 Å². The molecule has 0 radical (unpaired) electrons. The SMILES string of the molecule is Cc1cc(C)c(Nc2nccc(Nc3cc(C)on3)n2)c(Cl)c1. The molecule has 0 saturated carbocycles. The Bertz CT molecular complexity index is 823. The van der Waals surface area contributed by atoms with Crippen LogP contribution in [0.5, 0.6) is 0 Å². The van der Waals surface area contributed by atoms with Crippen LogP contribution in [0.3, 0.4) is 0 Å². The monoisotopic (exact) mass is 329 g/mol. The number of aromatic nitrogens is 3. The summed E-state index contributed by atoms with van der Waals surface area (Å²) in [7, 11) is 0. The number of hydrogen-bond acceptors (Lipinski definition) is 6. The minimum Gasteiger partial charge on any atom is -0.360 e. The molecule has 6 nitrogen and oxygen atoms in total. The number of nitrogens with one attached hydrogen (secondary N) is 2. The van der Waals surface area contributed by atoms with E-state index in [1.54, 1.807) is 18.3 Å². The Morgan fingerprint density at radius 3 is 2.57 bits per heavy atom. The fraction of sp³-hybridized carbons (Fsp3) is 0.188. The van der Waals surface area contributed by atoms with Gasteiger partial charge in [0.25, 0.3) is 0 Å². The summed E-state index contributed by atoms with van der Waals surface area (Å²) >= 11 is 6.30. The second kappa shape index (κ2) is 6.26. The largest absolute Gasteiger partial charge is 0.360 e. The standard InChI is InChI=1S/C16H16ClN5O/c1-9-6-10(2)15(12(17)7-9)21-16-18-5-4-13(20-16)19-14-8-11(3)23-22-14/h4-8H,1-3H3,(H2,18,19,20,21,22). The van der Waals surface area contributed by atoms with Crippen molar-refractivity contribution in [2.24, 2.45) is 0 Å². The van der Waals surface area contributed by atoms with Crippen LogP contribution in [-0.2, 0) is 0 Å². The zero-order chi connectivity index (χ0) is 16.4. The molecule has 2 N–H and O–H groups in total. The van der Waals surface area contributed by atoms with Crippen LogP contribution in [0.1, 0.15) is 16.9 Å². The summed E-state index contributed by atoms with van der Waals surface area (Å²) in [5.74, 6) is 2.37. The van der Waals surface area contributed by atoms with Gasteiger partial charge in [-0.15, -0.1) is 0 Å². The summed E-state index contributed by atoms with van der Waals surface area (Å²) in [6.07, 6.45) is 1.65. The maximum absolute atomic E-state index is 6.30. The summed E-state index contributed by atoms with van der Waals surface area (Å²) in [5, 5.41) is 10.7. The minimum atomic E-state index is 0.448. The molecule has 3 aromatic rings. The number of rotatable bonds is 4. The van der Waals surface area contributed by atoms with Gasteiger partial charge in [-0.05, 0) is 44.0 Å². The van der Waals surface area contributed by atoms with Crippen LogP contribution < -0.4 is 10.6 Å². The van der Waals surface area contributed by atoms with Gasteiger partial charge in [-0.25, -0.2) is 4.98 Å². The Balaban J connectivity index is 1.83. The lowest BCUT2D eigenvalue weighted by Crippen LogP contribution is -2.02. The molecule has 1 aromatic carbocycles. The van der Waals surface area contributed by atoms with E-state index in [4.69, 9.17) is 16.1 Å². The van der Waals surface area contributed by atoms with Gasteiger partial charge in [-0.2, -0.15) is 4.98 Å². The van der Waals surface area contributed by atoms with Crippen molar-refractivity contribution < 1.29 is 4.52 Å². The summed E-state index contributed by atoms with van der Waals surface area (Å²) in [6, 6.07) is 7.49. The predicted molar refractivity (Wildman–Crippen MR) is 90.8 cm³/mol. The zero-order valence-electron chi connectivity index (χ0n) is 13.0. The summed E-state index contributed by atoms with van der Waals surface area (Å²) in [4.78, 5) is 8.63. The summed E-state index contributed by atoms with van der Waals surface area (Å²) in [5.41, 5.74) is 2.94. The van der Waals surface area contributed by atoms with Gasteiger partial charge in [-0.1, -0.05) is 22.8 Å². The topological polar surface area (TPSA) is 75.9 Å². The maximum Gasteiger partial charge on any atom is 0.229 e. The maximum atomic E-state index is 6.30. The highest BCUT2D eigenvalue weighted by atomic mass is 35.5. The first kappa shape index (κ1) is 15.3.